The molecule has 0 saturated heterocycles. The zero-order valence-electron chi connectivity index (χ0n) is 11.9. The van der Waals surface area contributed by atoms with Crippen molar-refractivity contribution in [1.29, 1.82) is 0 Å². The Morgan fingerprint density at radius 3 is 2.23 bits per heavy atom. The first kappa shape index (κ1) is 14.5. The molecule has 3 nitrogen and oxygen atoms in total. The number of hydrogen-bond acceptors (Lipinski definition) is 2. The van der Waals surface area contributed by atoms with Crippen LogP contribution >= 0.6 is 0 Å². The largest absolute Gasteiger partial charge is 0.277 e. The molecule has 1 N–H and O–H groups in total. The van der Waals surface area contributed by atoms with E-state index in [1.54, 1.807) is 30.3 Å². The van der Waals surface area contributed by atoms with Crippen molar-refractivity contribution in [2.75, 3.05) is 4.72 Å². The van der Waals surface area contributed by atoms with E-state index in [-0.39, 0.29) is 10.6 Å². The highest BCUT2D eigenvalue weighted by Crippen LogP contribution is 2.27. The maximum absolute atomic E-state index is 13.7. The summed E-state index contributed by atoms with van der Waals surface area (Å²) in [7, 11) is -3.87. The van der Waals surface area contributed by atoms with E-state index in [4.69, 9.17) is 0 Å². The van der Waals surface area contributed by atoms with E-state index in [1.165, 1.54) is 18.2 Å². The van der Waals surface area contributed by atoms with E-state index in [9.17, 15) is 12.8 Å². The van der Waals surface area contributed by atoms with Crippen LogP contribution in [-0.2, 0) is 10.0 Å². The van der Waals surface area contributed by atoms with Crippen molar-refractivity contribution in [2.45, 2.75) is 11.8 Å². The molecule has 0 bridgehead atoms. The molecule has 0 atom stereocenters. The van der Waals surface area contributed by atoms with E-state index < -0.39 is 15.8 Å². The van der Waals surface area contributed by atoms with Crippen molar-refractivity contribution in [3.8, 4) is 0 Å². The van der Waals surface area contributed by atoms with Gasteiger partial charge in [-0.05, 0) is 36.1 Å². The van der Waals surface area contributed by atoms with E-state index in [0.717, 1.165) is 10.9 Å². The number of hydrogen-bond donors (Lipinski definition) is 1. The second-order valence-corrected chi connectivity index (χ2v) is 6.66. The van der Waals surface area contributed by atoms with Crippen molar-refractivity contribution in [2.24, 2.45) is 0 Å². The molecule has 0 aliphatic rings. The summed E-state index contributed by atoms with van der Waals surface area (Å²) in [5, 5.41) is 1.48. The molecule has 5 heteroatoms. The maximum atomic E-state index is 13.7. The number of nitrogens with one attached hydrogen (secondary N) is 1. The number of halogens is 1. The lowest BCUT2D eigenvalue weighted by Crippen LogP contribution is -2.14. The first-order valence-corrected chi connectivity index (χ1v) is 8.23. The highest BCUT2D eigenvalue weighted by molar-refractivity contribution is 7.93. The van der Waals surface area contributed by atoms with E-state index in [1.807, 2.05) is 19.1 Å². The number of aryl methyl sites for hydroxylation is 1. The summed E-state index contributed by atoms with van der Waals surface area (Å²) in [6.45, 7) is 1.92. The summed E-state index contributed by atoms with van der Waals surface area (Å²) in [4.78, 5) is 0.136. The molecule has 22 heavy (non-hydrogen) atoms. The second-order valence-electron chi connectivity index (χ2n) is 5.01. The molecule has 0 aliphatic carbocycles. The Bertz CT molecular complexity index is 952. The normalized spacial score (nSPS) is 11.5. The quantitative estimate of drug-likeness (QED) is 0.791. The summed E-state index contributed by atoms with van der Waals surface area (Å²) in [5.74, 6) is -0.609. The minimum atomic E-state index is -3.87. The minimum Gasteiger partial charge on any atom is -0.277 e. The molecule has 0 aromatic heterocycles. The average Bonchev–Trinajstić information content (AvgIpc) is 2.50. The van der Waals surface area contributed by atoms with Gasteiger partial charge in [-0.1, -0.05) is 42.5 Å². The van der Waals surface area contributed by atoms with Gasteiger partial charge in [-0.25, -0.2) is 12.8 Å². The Balaban J connectivity index is 2.14. The lowest BCUT2D eigenvalue weighted by molar-refractivity contribution is 0.599. The van der Waals surface area contributed by atoms with Crippen LogP contribution in [-0.4, -0.2) is 8.42 Å². The summed E-state index contributed by atoms with van der Waals surface area (Å²) < 4.78 is 41.2. The van der Waals surface area contributed by atoms with Gasteiger partial charge in [-0.2, -0.15) is 0 Å². The van der Waals surface area contributed by atoms with Gasteiger partial charge in [0.2, 0.25) is 0 Å². The van der Waals surface area contributed by atoms with Crippen LogP contribution in [0.1, 0.15) is 5.56 Å². The molecular formula is C17H14FNO2S. The van der Waals surface area contributed by atoms with Gasteiger partial charge in [0.25, 0.3) is 10.0 Å². The zero-order valence-corrected chi connectivity index (χ0v) is 12.7. The molecule has 0 heterocycles. The van der Waals surface area contributed by atoms with Gasteiger partial charge in [0, 0.05) is 5.39 Å². The number of rotatable bonds is 3. The second kappa shape index (κ2) is 5.42. The Hall–Kier alpha value is -2.40. The molecule has 3 aromatic carbocycles. The molecule has 0 amide bonds. The third kappa shape index (κ3) is 2.55. The third-order valence-electron chi connectivity index (χ3n) is 3.51. The summed E-state index contributed by atoms with van der Waals surface area (Å²) in [6, 6.07) is 16.2. The van der Waals surface area contributed by atoms with Crippen LogP contribution in [0.2, 0.25) is 0 Å². The van der Waals surface area contributed by atoms with Crippen LogP contribution in [0.3, 0.4) is 0 Å². The van der Waals surface area contributed by atoms with Crippen LogP contribution in [0.25, 0.3) is 10.8 Å². The summed E-state index contributed by atoms with van der Waals surface area (Å²) in [6.07, 6.45) is 0. The highest BCUT2D eigenvalue weighted by atomic mass is 32.2. The van der Waals surface area contributed by atoms with Gasteiger partial charge >= 0.3 is 0 Å². The Labute approximate surface area is 128 Å². The fourth-order valence-electron chi connectivity index (χ4n) is 2.40. The number of benzene rings is 3. The standard InChI is InChI=1S/C17H14FNO2S/c1-12-10-11-17(14-7-3-2-6-13(12)14)22(20,21)19-16-9-5-4-8-15(16)18/h2-11,19H,1H3. The Kier molecular flexibility index (Phi) is 3.58. The minimum absolute atomic E-state index is 0.0628. The van der Waals surface area contributed by atoms with Crippen LogP contribution in [0.5, 0.6) is 0 Å². The topological polar surface area (TPSA) is 46.2 Å². The van der Waals surface area contributed by atoms with Crippen LogP contribution in [0.4, 0.5) is 10.1 Å². The van der Waals surface area contributed by atoms with Gasteiger partial charge in [0.05, 0.1) is 10.6 Å². The molecule has 0 radical (unpaired) electrons. The molecular weight excluding hydrogens is 301 g/mol. The van der Waals surface area contributed by atoms with Crippen molar-refractivity contribution in [3.63, 3.8) is 0 Å². The van der Waals surface area contributed by atoms with Crippen LogP contribution < -0.4 is 4.72 Å². The lowest BCUT2D eigenvalue weighted by atomic mass is 10.1. The molecule has 0 aliphatic heterocycles. The first-order valence-electron chi connectivity index (χ1n) is 6.75. The van der Waals surface area contributed by atoms with Gasteiger partial charge in [0.1, 0.15) is 5.82 Å². The van der Waals surface area contributed by atoms with Gasteiger partial charge < -0.3 is 0 Å². The number of anilines is 1. The lowest BCUT2D eigenvalue weighted by Gasteiger charge is -2.12. The Morgan fingerprint density at radius 1 is 0.864 bits per heavy atom. The summed E-state index contributed by atoms with van der Waals surface area (Å²) in [5.41, 5.74) is 0.924. The fourth-order valence-corrected chi connectivity index (χ4v) is 3.68. The molecule has 0 saturated carbocycles. The van der Waals surface area contributed by atoms with Crippen molar-refractivity contribution in [1.82, 2.24) is 0 Å². The molecule has 3 aromatic rings. The van der Waals surface area contributed by atoms with Gasteiger partial charge in [-0.15, -0.1) is 0 Å². The van der Waals surface area contributed by atoms with Crippen molar-refractivity contribution in [3.05, 3.63) is 72.0 Å². The monoisotopic (exact) mass is 315 g/mol. The predicted molar refractivity (Wildman–Crippen MR) is 85.9 cm³/mol. The molecule has 112 valence electrons. The average molecular weight is 315 g/mol. The number of para-hydroxylation sites is 1. The molecule has 0 fully saturated rings. The Morgan fingerprint density at radius 2 is 1.50 bits per heavy atom. The number of fused-ring (bicyclic) bond motifs is 1. The smallest absolute Gasteiger partial charge is 0.262 e. The predicted octanol–water partition coefficient (Wildman–Crippen LogP) is 4.09. The number of sulfonamides is 1. The van der Waals surface area contributed by atoms with E-state index in [2.05, 4.69) is 4.72 Å². The first-order chi connectivity index (χ1) is 10.5. The van der Waals surface area contributed by atoms with Gasteiger partial charge in [0.15, 0.2) is 0 Å². The van der Waals surface area contributed by atoms with Crippen molar-refractivity contribution >= 4 is 26.5 Å². The SMILES string of the molecule is Cc1ccc(S(=O)(=O)Nc2ccccc2F)c2ccccc12. The molecule has 3 rings (SSSR count). The van der Waals surface area contributed by atoms with Crippen LogP contribution in [0.15, 0.2) is 65.6 Å². The maximum Gasteiger partial charge on any atom is 0.262 e. The van der Waals surface area contributed by atoms with Crippen molar-refractivity contribution < 1.29 is 12.8 Å². The zero-order chi connectivity index (χ0) is 15.7. The van der Waals surface area contributed by atoms with E-state index >= 15 is 0 Å². The molecule has 0 unspecified atom stereocenters. The van der Waals surface area contributed by atoms with Crippen LogP contribution in [0, 0.1) is 12.7 Å². The fraction of sp³-hybridized carbons (Fsp3) is 0.0588. The van der Waals surface area contributed by atoms with E-state index in [0.29, 0.717) is 5.39 Å². The third-order valence-corrected chi connectivity index (χ3v) is 4.93. The molecule has 0 spiro atoms. The van der Waals surface area contributed by atoms with Gasteiger partial charge in [-0.3, -0.25) is 4.72 Å². The highest BCUT2D eigenvalue weighted by Gasteiger charge is 2.19. The summed E-state index contributed by atoms with van der Waals surface area (Å²) >= 11 is 0.